The summed E-state index contributed by atoms with van der Waals surface area (Å²) in [5.41, 5.74) is 11.4. The molecule has 0 spiro atoms. The molecule has 2 heterocycles. The van der Waals surface area contributed by atoms with Crippen molar-refractivity contribution in [1.29, 1.82) is 0 Å². The molecule has 66 heavy (non-hydrogen) atoms. The summed E-state index contributed by atoms with van der Waals surface area (Å²) in [6, 6.07) is 49.8. The molecular weight excluding hydrogens is 833 g/mol. The molecule has 0 aliphatic carbocycles. The molecule has 10 nitrogen and oxygen atoms in total. The van der Waals surface area contributed by atoms with Crippen LogP contribution in [0.5, 0.6) is 17.2 Å². The maximum atomic E-state index is 9.59. The predicted octanol–water partition coefficient (Wildman–Crippen LogP) is 9.42. The van der Waals surface area contributed by atoms with Crippen molar-refractivity contribution in [3.63, 3.8) is 0 Å². The third kappa shape index (κ3) is 20.7. The van der Waals surface area contributed by atoms with Gasteiger partial charge in [-0.3, -0.25) is 0 Å². The summed E-state index contributed by atoms with van der Waals surface area (Å²) in [4.78, 5) is 0. The first-order valence-electron chi connectivity index (χ1n) is 22.5. The van der Waals surface area contributed by atoms with Gasteiger partial charge in [-0.2, -0.15) is 0 Å². The van der Waals surface area contributed by atoms with Crippen LogP contribution in [0.2, 0.25) is 0 Å². The van der Waals surface area contributed by atoms with Crippen LogP contribution in [0.4, 0.5) is 0 Å². The predicted molar refractivity (Wildman–Crippen MR) is 261 cm³/mol. The largest absolute Gasteiger partial charge is 0.491 e. The highest BCUT2D eigenvalue weighted by atomic mass is 16.6. The van der Waals surface area contributed by atoms with Crippen LogP contribution in [0.25, 0.3) is 11.1 Å². The second-order valence-electron chi connectivity index (χ2n) is 16.5. The van der Waals surface area contributed by atoms with E-state index in [1.807, 2.05) is 48.5 Å². The minimum Gasteiger partial charge on any atom is -0.491 e. The average molecular weight is 901 g/mol. The zero-order valence-corrected chi connectivity index (χ0v) is 39.4. The van der Waals surface area contributed by atoms with Gasteiger partial charge in [0.05, 0.1) is 33.0 Å². The Hall–Kier alpha value is -5.56. The Labute approximate surface area is 392 Å². The van der Waals surface area contributed by atoms with E-state index in [0.717, 1.165) is 49.9 Å². The number of methoxy groups -OCH3 is 3. The first-order chi connectivity index (χ1) is 32.1. The van der Waals surface area contributed by atoms with E-state index in [-0.39, 0.29) is 32.5 Å². The fourth-order valence-corrected chi connectivity index (χ4v) is 6.35. The molecule has 0 bridgehead atoms. The number of aliphatic hydroxyl groups excluding tert-OH is 2. The molecule has 6 aromatic carbocycles. The van der Waals surface area contributed by atoms with Crippen LogP contribution in [0.15, 0.2) is 146 Å². The smallest absolute Gasteiger partial charge is 0.119 e. The van der Waals surface area contributed by atoms with E-state index in [1.54, 1.807) is 21.3 Å². The lowest BCUT2D eigenvalue weighted by Crippen LogP contribution is -2.22. The molecule has 2 aliphatic heterocycles. The lowest BCUT2D eigenvalue weighted by molar-refractivity contribution is 0.0325. The van der Waals surface area contributed by atoms with E-state index < -0.39 is 12.2 Å². The van der Waals surface area contributed by atoms with Gasteiger partial charge in [0.1, 0.15) is 61.5 Å². The maximum absolute atomic E-state index is 9.59. The standard InChI is InChI=1S/C20H24O5.C18H22O3.C14H14.C4H8O2/c1-22-11-17(21)12-23-18-6-2-15(3-7-18)10-16-4-8-19(9-5-16)24-13-20-14-25-20;1-14-3-5-15(6-4-14)11-16-7-9-18(10-8-16)21-13-17(19)12-20-2;1-11-3-7-13(8-4-11)14-9-5-12(2)6-10-14;1-5-2-4-3-6-4/h2-9,17,20-21H,10-14H2,1H3;3-10,17,19H,11-13H2,1-2H3;3-10H,1-2H3;4H,2-3H2,1H3. The monoisotopic (exact) mass is 900 g/mol. The molecule has 0 saturated carbocycles. The number of hydrogen-bond acceptors (Lipinski definition) is 10. The second kappa shape index (κ2) is 28.5. The van der Waals surface area contributed by atoms with Crippen LogP contribution in [0.3, 0.4) is 0 Å². The Morgan fingerprint density at radius 1 is 0.409 bits per heavy atom. The molecule has 4 atom stereocenters. The van der Waals surface area contributed by atoms with E-state index in [9.17, 15) is 10.2 Å². The van der Waals surface area contributed by atoms with Crippen LogP contribution < -0.4 is 14.2 Å². The molecule has 8 rings (SSSR count). The molecule has 0 aromatic heterocycles. The fourth-order valence-electron chi connectivity index (χ4n) is 6.35. The maximum Gasteiger partial charge on any atom is 0.119 e. The van der Waals surface area contributed by atoms with Crippen molar-refractivity contribution in [1.82, 2.24) is 0 Å². The molecule has 4 unspecified atom stereocenters. The number of aliphatic hydroxyl groups is 2. The highest BCUT2D eigenvalue weighted by Gasteiger charge is 2.23. The highest BCUT2D eigenvalue weighted by Crippen LogP contribution is 2.22. The molecule has 2 N–H and O–H groups in total. The van der Waals surface area contributed by atoms with E-state index >= 15 is 0 Å². The SMILES string of the molecule is COCC(O)COc1ccc(Cc2ccc(C)cc2)cc1.COCC(O)COc1ccc(Cc2ccc(OCC3CO3)cc2)cc1.COCC1CO1.Cc1ccc(-c2ccc(C)cc2)cc1. The molecule has 2 fully saturated rings. The zero-order valence-electron chi connectivity index (χ0n) is 39.4. The molecule has 6 aromatic rings. The van der Waals surface area contributed by atoms with Crippen LogP contribution in [-0.4, -0.2) is 109 Å². The van der Waals surface area contributed by atoms with Crippen molar-refractivity contribution in [2.75, 3.05) is 74.2 Å². The van der Waals surface area contributed by atoms with Crippen molar-refractivity contribution >= 4 is 0 Å². The van der Waals surface area contributed by atoms with Crippen molar-refractivity contribution in [3.8, 4) is 28.4 Å². The summed E-state index contributed by atoms with van der Waals surface area (Å²) < 4.78 is 41.1. The van der Waals surface area contributed by atoms with Crippen LogP contribution in [0.1, 0.15) is 38.9 Å². The first kappa shape index (κ1) is 51.4. The lowest BCUT2D eigenvalue weighted by Gasteiger charge is -2.12. The van der Waals surface area contributed by atoms with Gasteiger partial charge in [0.2, 0.25) is 0 Å². The van der Waals surface area contributed by atoms with E-state index in [2.05, 4.69) is 118 Å². The van der Waals surface area contributed by atoms with Gasteiger partial charge in [-0.1, -0.05) is 126 Å². The number of hydrogen-bond donors (Lipinski definition) is 2. The molecule has 10 heteroatoms. The number of ether oxygens (including phenoxy) is 8. The quantitative estimate of drug-likeness (QED) is 0.0718. The minimum atomic E-state index is -0.614. The second-order valence-corrected chi connectivity index (χ2v) is 16.5. The van der Waals surface area contributed by atoms with Crippen molar-refractivity contribution in [2.45, 2.75) is 58.0 Å². The van der Waals surface area contributed by atoms with Gasteiger partial charge >= 0.3 is 0 Å². The Balaban J connectivity index is 0.000000179. The molecule has 352 valence electrons. The van der Waals surface area contributed by atoms with Gasteiger partial charge in [-0.25, -0.2) is 0 Å². The normalized spacial score (nSPS) is 15.3. The van der Waals surface area contributed by atoms with Crippen LogP contribution >= 0.6 is 0 Å². The van der Waals surface area contributed by atoms with Gasteiger partial charge in [0.15, 0.2) is 0 Å². The summed E-state index contributed by atoms with van der Waals surface area (Å²) in [5, 5.41) is 19.1. The third-order valence-corrected chi connectivity index (χ3v) is 10.3. The summed E-state index contributed by atoms with van der Waals surface area (Å²) >= 11 is 0. The average Bonchev–Trinajstić information content (AvgIpc) is 4.29. The van der Waals surface area contributed by atoms with Gasteiger partial charge in [-0.15, -0.1) is 0 Å². The Morgan fingerprint density at radius 3 is 1.02 bits per heavy atom. The van der Waals surface area contributed by atoms with E-state index in [4.69, 9.17) is 37.9 Å². The molecule has 2 aliphatic rings. The number of rotatable bonds is 20. The van der Waals surface area contributed by atoms with Crippen molar-refractivity contribution in [3.05, 3.63) is 185 Å². The van der Waals surface area contributed by atoms with Gasteiger partial charge in [-0.05, 0) is 103 Å². The summed E-state index contributed by atoms with van der Waals surface area (Å²) in [7, 11) is 4.79. The third-order valence-electron chi connectivity index (χ3n) is 10.3. The Morgan fingerprint density at radius 2 is 0.712 bits per heavy atom. The van der Waals surface area contributed by atoms with Crippen molar-refractivity contribution in [2.24, 2.45) is 0 Å². The number of epoxide rings is 2. The van der Waals surface area contributed by atoms with E-state index in [0.29, 0.717) is 12.7 Å². The number of benzene rings is 6. The van der Waals surface area contributed by atoms with Gasteiger partial charge in [0, 0.05) is 21.3 Å². The molecule has 2 saturated heterocycles. The Bertz CT molecular complexity index is 2140. The fraction of sp³-hybridized carbons (Fsp3) is 0.357. The molecule has 0 amide bonds. The van der Waals surface area contributed by atoms with Crippen LogP contribution in [0, 0.1) is 20.8 Å². The molecular formula is C56H68O10. The van der Waals surface area contributed by atoms with Gasteiger partial charge in [0.25, 0.3) is 0 Å². The topological polar surface area (TPSA) is 121 Å². The number of aryl methyl sites for hydroxylation is 3. The lowest BCUT2D eigenvalue weighted by atomic mass is 10.0. The molecule has 0 radical (unpaired) electrons. The summed E-state index contributed by atoms with van der Waals surface area (Å²) in [6.45, 7) is 10.4. The summed E-state index contributed by atoms with van der Waals surface area (Å²) in [6.07, 6.45) is 1.25. The summed E-state index contributed by atoms with van der Waals surface area (Å²) in [5.74, 6) is 2.38. The van der Waals surface area contributed by atoms with E-state index in [1.165, 1.54) is 50.1 Å². The minimum absolute atomic E-state index is 0.223. The van der Waals surface area contributed by atoms with Crippen molar-refractivity contribution < 1.29 is 48.1 Å². The highest BCUT2D eigenvalue weighted by molar-refractivity contribution is 5.63. The zero-order chi connectivity index (χ0) is 46.9. The first-order valence-corrected chi connectivity index (χ1v) is 22.5. The Kier molecular flexibility index (Phi) is 22.2. The van der Waals surface area contributed by atoms with Gasteiger partial charge < -0.3 is 48.1 Å². The van der Waals surface area contributed by atoms with Crippen LogP contribution in [-0.2, 0) is 36.5 Å².